The van der Waals surface area contributed by atoms with E-state index in [2.05, 4.69) is 16.9 Å². The molecule has 0 spiro atoms. The van der Waals surface area contributed by atoms with Gasteiger partial charge in [0.2, 0.25) is 0 Å². The van der Waals surface area contributed by atoms with Crippen LogP contribution < -0.4 is 10.1 Å². The molecule has 1 N–H and O–H groups in total. The third kappa shape index (κ3) is 2.92. The van der Waals surface area contributed by atoms with Gasteiger partial charge < -0.3 is 10.1 Å². The van der Waals surface area contributed by atoms with E-state index in [-0.39, 0.29) is 5.91 Å². The molecule has 3 aromatic rings. The number of nitrogens with zero attached hydrogens (tertiary/aromatic N) is 1. The Hall–Kier alpha value is -3.14. The zero-order valence-corrected chi connectivity index (χ0v) is 12.7. The number of rotatable bonds is 4. The highest BCUT2D eigenvalue weighted by Gasteiger charge is 2.15. The van der Waals surface area contributed by atoms with E-state index in [1.54, 1.807) is 19.4 Å². The van der Waals surface area contributed by atoms with Gasteiger partial charge in [-0.05, 0) is 18.2 Å². The van der Waals surface area contributed by atoms with E-state index in [0.29, 0.717) is 22.6 Å². The minimum absolute atomic E-state index is 0.285. The monoisotopic (exact) mass is 304 g/mol. The Labute approximate surface area is 134 Å². The Morgan fingerprint density at radius 2 is 1.87 bits per heavy atom. The van der Waals surface area contributed by atoms with E-state index in [4.69, 9.17) is 4.74 Å². The molecule has 0 radical (unpaired) electrons. The Kier molecular flexibility index (Phi) is 4.06. The van der Waals surface area contributed by atoms with Crippen LogP contribution in [0.4, 0.5) is 5.69 Å². The fourth-order valence-electron chi connectivity index (χ4n) is 2.42. The van der Waals surface area contributed by atoms with Crippen LogP contribution in [0.5, 0.6) is 5.75 Å². The molecular weight excluding hydrogens is 288 g/mol. The molecule has 0 atom stereocenters. The number of carbonyl (C=O) groups excluding carboxylic acids is 1. The number of nitrogens with one attached hydrogen (secondary N) is 1. The predicted octanol–water partition coefficient (Wildman–Crippen LogP) is 3.90. The molecule has 1 heterocycles. The average molecular weight is 304 g/mol. The number of benzene rings is 2. The summed E-state index contributed by atoms with van der Waals surface area (Å²) in [6, 6.07) is 16.8. The number of amides is 1. The summed E-state index contributed by atoms with van der Waals surface area (Å²) in [5, 5.41) is 3.84. The van der Waals surface area contributed by atoms with Gasteiger partial charge in [-0.3, -0.25) is 9.78 Å². The summed E-state index contributed by atoms with van der Waals surface area (Å²) < 4.78 is 5.28. The van der Waals surface area contributed by atoms with Crippen molar-refractivity contribution in [2.45, 2.75) is 0 Å². The first-order chi connectivity index (χ1) is 11.2. The van der Waals surface area contributed by atoms with Crippen molar-refractivity contribution in [3.63, 3.8) is 0 Å². The van der Waals surface area contributed by atoms with Crippen LogP contribution in [-0.2, 0) is 4.79 Å². The van der Waals surface area contributed by atoms with Crippen LogP contribution in [0, 0.1) is 0 Å². The average Bonchev–Trinajstić information content (AvgIpc) is 2.61. The molecule has 0 aliphatic heterocycles. The summed E-state index contributed by atoms with van der Waals surface area (Å²) in [4.78, 5) is 16.9. The molecule has 4 heteroatoms. The van der Waals surface area contributed by atoms with Crippen molar-refractivity contribution in [2.75, 3.05) is 12.4 Å². The van der Waals surface area contributed by atoms with E-state index >= 15 is 0 Å². The summed E-state index contributed by atoms with van der Waals surface area (Å²) >= 11 is 0. The number of carbonyl (C=O) groups is 1. The van der Waals surface area contributed by atoms with Crippen molar-refractivity contribution >= 4 is 28.1 Å². The highest BCUT2D eigenvalue weighted by molar-refractivity contribution is 6.26. The number of anilines is 1. The molecule has 2 aromatic carbocycles. The number of fused-ring (bicyclic) bond motifs is 1. The standard InChI is InChI=1S/C19H16N2O2/c1-13(15-9-3-4-11-17(15)23-2)19(22)21-16-10-5-7-14-8-6-12-20-18(14)16/h3-12H,1H2,2H3,(H,21,22). The molecule has 0 unspecified atom stereocenters. The van der Waals surface area contributed by atoms with Crippen molar-refractivity contribution in [2.24, 2.45) is 0 Å². The first kappa shape index (κ1) is 14.8. The minimum Gasteiger partial charge on any atom is -0.496 e. The molecule has 0 bridgehead atoms. The summed E-state index contributed by atoms with van der Waals surface area (Å²) in [5.41, 5.74) is 2.41. The van der Waals surface area contributed by atoms with E-state index in [9.17, 15) is 4.79 Å². The molecule has 0 aliphatic carbocycles. The largest absolute Gasteiger partial charge is 0.496 e. The second-order valence-corrected chi connectivity index (χ2v) is 5.01. The molecule has 0 saturated heterocycles. The first-order valence-corrected chi connectivity index (χ1v) is 7.18. The molecule has 4 nitrogen and oxygen atoms in total. The predicted molar refractivity (Wildman–Crippen MR) is 92.4 cm³/mol. The Morgan fingerprint density at radius 3 is 2.70 bits per heavy atom. The lowest BCUT2D eigenvalue weighted by atomic mass is 10.1. The SMILES string of the molecule is C=C(C(=O)Nc1cccc2cccnc12)c1ccccc1OC. The van der Waals surface area contributed by atoms with Crippen molar-refractivity contribution in [1.82, 2.24) is 4.98 Å². The maximum absolute atomic E-state index is 12.5. The van der Waals surface area contributed by atoms with Crippen LogP contribution >= 0.6 is 0 Å². The van der Waals surface area contributed by atoms with Gasteiger partial charge in [0.25, 0.3) is 5.91 Å². The van der Waals surface area contributed by atoms with Crippen LogP contribution in [0.1, 0.15) is 5.56 Å². The topological polar surface area (TPSA) is 51.2 Å². The molecule has 0 fully saturated rings. The van der Waals surface area contributed by atoms with Crippen LogP contribution in [-0.4, -0.2) is 18.0 Å². The Balaban J connectivity index is 1.90. The highest BCUT2D eigenvalue weighted by atomic mass is 16.5. The van der Waals surface area contributed by atoms with Gasteiger partial charge in [-0.15, -0.1) is 0 Å². The Bertz CT molecular complexity index is 882. The first-order valence-electron chi connectivity index (χ1n) is 7.18. The second-order valence-electron chi connectivity index (χ2n) is 5.01. The van der Waals surface area contributed by atoms with E-state index in [1.165, 1.54) is 0 Å². The summed E-state index contributed by atoms with van der Waals surface area (Å²) in [5.74, 6) is 0.330. The second kappa shape index (κ2) is 6.32. The molecular formula is C19H16N2O2. The molecule has 0 aliphatic rings. The van der Waals surface area contributed by atoms with Crippen LogP contribution in [0.15, 0.2) is 67.4 Å². The number of ether oxygens (including phenoxy) is 1. The number of hydrogen-bond acceptors (Lipinski definition) is 3. The van der Waals surface area contributed by atoms with E-state index in [0.717, 1.165) is 10.9 Å². The van der Waals surface area contributed by atoms with Crippen LogP contribution in [0.2, 0.25) is 0 Å². The number of aromatic nitrogens is 1. The van der Waals surface area contributed by atoms with Gasteiger partial charge >= 0.3 is 0 Å². The van der Waals surface area contributed by atoms with Gasteiger partial charge in [0.15, 0.2) is 0 Å². The van der Waals surface area contributed by atoms with E-state index in [1.807, 2.05) is 48.5 Å². The Morgan fingerprint density at radius 1 is 1.09 bits per heavy atom. The van der Waals surface area contributed by atoms with Gasteiger partial charge in [0.1, 0.15) is 5.75 Å². The minimum atomic E-state index is -0.285. The number of methoxy groups -OCH3 is 1. The normalized spacial score (nSPS) is 10.3. The van der Waals surface area contributed by atoms with Gasteiger partial charge in [-0.25, -0.2) is 0 Å². The zero-order valence-electron chi connectivity index (χ0n) is 12.7. The summed E-state index contributed by atoms with van der Waals surface area (Å²) in [6.45, 7) is 3.90. The lowest BCUT2D eigenvalue weighted by molar-refractivity contribution is -0.111. The van der Waals surface area contributed by atoms with Crippen LogP contribution in [0.25, 0.3) is 16.5 Å². The molecule has 0 saturated carbocycles. The van der Waals surface area contributed by atoms with Gasteiger partial charge in [-0.1, -0.05) is 43.0 Å². The zero-order chi connectivity index (χ0) is 16.2. The van der Waals surface area contributed by atoms with E-state index < -0.39 is 0 Å². The molecule has 1 amide bonds. The van der Waals surface area contributed by atoms with Crippen molar-refractivity contribution < 1.29 is 9.53 Å². The van der Waals surface area contributed by atoms with Crippen LogP contribution in [0.3, 0.4) is 0 Å². The molecule has 114 valence electrons. The van der Waals surface area contributed by atoms with Crippen molar-refractivity contribution in [1.29, 1.82) is 0 Å². The third-order valence-corrected chi connectivity index (χ3v) is 3.59. The third-order valence-electron chi connectivity index (χ3n) is 3.59. The molecule has 23 heavy (non-hydrogen) atoms. The number of para-hydroxylation sites is 2. The van der Waals surface area contributed by atoms with Crippen molar-refractivity contribution in [3.8, 4) is 5.75 Å². The number of hydrogen-bond donors (Lipinski definition) is 1. The van der Waals surface area contributed by atoms with Gasteiger partial charge in [-0.2, -0.15) is 0 Å². The molecule has 3 rings (SSSR count). The smallest absolute Gasteiger partial charge is 0.255 e. The lowest BCUT2D eigenvalue weighted by Gasteiger charge is -2.12. The fourth-order valence-corrected chi connectivity index (χ4v) is 2.42. The van der Waals surface area contributed by atoms with Crippen molar-refractivity contribution in [3.05, 3.63) is 72.9 Å². The maximum Gasteiger partial charge on any atom is 0.255 e. The maximum atomic E-state index is 12.5. The highest BCUT2D eigenvalue weighted by Crippen LogP contribution is 2.27. The lowest BCUT2D eigenvalue weighted by Crippen LogP contribution is -2.14. The number of pyridine rings is 1. The quantitative estimate of drug-likeness (QED) is 0.744. The van der Waals surface area contributed by atoms with Gasteiger partial charge in [0, 0.05) is 22.7 Å². The summed E-state index contributed by atoms with van der Waals surface area (Å²) in [7, 11) is 1.57. The van der Waals surface area contributed by atoms with Gasteiger partial charge in [0.05, 0.1) is 18.3 Å². The fraction of sp³-hybridized carbons (Fsp3) is 0.0526. The summed E-state index contributed by atoms with van der Waals surface area (Å²) in [6.07, 6.45) is 1.70. The molecule has 1 aromatic heterocycles.